The number of carbonyl (C=O) groups is 1. The van der Waals surface area contributed by atoms with E-state index in [1.54, 1.807) is 0 Å². The minimum Gasteiger partial charge on any atom is -0.507 e. The van der Waals surface area contributed by atoms with Crippen molar-refractivity contribution >= 4 is 21.7 Å². The lowest BCUT2D eigenvalue weighted by Gasteiger charge is -2.12. The maximum absolute atomic E-state index is 11.9. The van der Waals surface area contributed by atoms with Crippen molar-refractivity contribution in [2.24, 2.45) is 0 Å². The fourth-order valence-corrected chi connectivity index (χ4v) is 1.54. The van der Waals surface area contributed by atoms with Gasteiger partial charge in [-0.05, 0) is 13.0 Å². The van der Waals surface area contributed by atoms with Gasteiger partial charge in [0.2, 0.25) is 0 Å². The van der Waals surface area contributed by atoms with Crippen molar-refractivity contribution in [3.8, 4) is 11.5 Å². The lowest BCUT2D eigenvalue weighted by Crippen LogP contribution is -2.17. The number of hydrogen-bond donors (Lipinski definition) is 1. The van der Waals surface area contributed by atoms with Crippen molar-refractivity contribution < 1.29 is 27.8 Å². The van der Waals surface area contributed by atoms with Crippen molar-refractivity contribution in [2.45, 2.75) is 18.1 Å². The highest BCUT2D eigenvalue weighted by Gasteiger charge is 2.31. The number of phenols is 1. The van der Waals surface area contributed by atoms with Crippen LogP contribution in [0.3, 0.4) is 0 Å². The van der Waals surface area contributed by atoms with Gasteiger partial charge in [-0.3, -0.25) is 4.79 Å². The van der Waals surface area contributed by atoms with E-state index in [1.165, 1.54) is 13.0 Å². The van der Waals surface area contributed by atoms with E-state index in [0.717, 1.165) is 12.1 Å². The van der Waals surface area contributed by atoms with E-state index in [2.05, 4.69) is 20.7 Å². The summed E-state index contributed by atoms with van der Waals surface area (Å²) in [4.78, 5) is 10.3. The van der Waals surface area contributed by atoms with Gasteiger partial charge in [0.05, 0.1) is 0 Å². The quantitative estimate of drug-likeness (QED) is 0.871. The summed E-state index contributed by atoms with van der Waals surface area (Å²) in [5, 5.41) is 9.48. The third kappa shape index (κ3) is 3.92. The largest absolute Gasteiger partial charge is 0.573 e. The van der Waals surface area contributed by atoms with Crippen LogP contribution in [0.5, 0.6) is 11.5 Å². The van der Waals surface area contributed by atoms with Crippen LogP contribution < -0.4 is 4.74 Å². The number of halogens is 4. The SMILES string of the molecule is CC(=O)C(Br)c1ccc(OC(F)(F)F)cc1O. The van der Waals surface area contributed by atoms with Crippen molar-refractivity contribution in [1.82, 2.24) is 0 Å². The first kappa shape index (κ1) is 13.8. The average molecular weight is 313 g/mol. The maximum Gasteiger partial charge on any atom is 0.573 e. The Morgan fingerprint density at radius 1 is 1.47 bits per heavy atom. The minimum atomic E-state index is -4.82. The number of phenolic OH excluding ortho intramolecular Hbond substituents is 1. The molecule has 1 rings (SSSR count). The molecule has 0 aromatic heterocycles. The molecule has 0 aliphatic carbocycles. The summed E-state index contributed by atoms with van der Waals surface area (Å²) < 4.78 is 39.3. The van der Waals surface area contributed by atoms with Crippen LogP contribution in [0.4, 0.5) is 13.2 Å². The molecular formula is C10H8BrF3O3. The van der Waals surface area contributed by atoms with Gasteiger partial charge in [0.15, 0.2) is 0 Å². The molecule has 0 amide bonds. The standard InChI is InChI=1S/C10H8BrF3O3/c1-5(15)9(11)7-3-2-6(4-8(7)16)17-10(12,13)14/h2-4,9,16H,1H3. The predicted octanol–water partition coefficient (Wildman–Crippen LogP) is 3.32. The minimum absolute atomic E-state index is 0.187. The van der Waals surface area contributed by atoms with Gasteiger partial charge >= 0.3 is 6.36 Å². The molecule has 1 atom stereocenters. The number of alkyl halides is 4. The number of ketones is 1. The number of hydrogen-bond acceptors (Lipinski definition) is 3. The summed E-state index contributed by atoms with van der Waals surface area (Å²) >= 11 is 3.01. The Kier molecular flexibility index (Phi) is 4.03. The number of carbonyl (C=O) groups excluding carboxylic acids is 1. The molecule has 0 spiro atoms. The van der Waals surface area contributed by atoms with Crippen molar-refractivity contribution in [2.75, 3.05) is 0 Å². The van der Waals surface area contributed by atoms with Gasteiger partial charge in [-0.25, -0.2) is 0 Å². The van der Waals surface area contributed by atoms with Gasteiger partial charge in [0.1, 0.15) is 22.1 Å². The molecule has 1 unspecified atom stereocenters. The first-order chi connectivity index (χ1) is 7.70. The van der Waals surface area contributed by atoms with Gasteiger partial charge in [0, 0.05) is 11.6 Å². The molecule has 0 saturated heterocycles. The second-order valence-electron chi connectivity index (χ2n) is 3.24. The van der Waals surface area contributed by atoms with E-state index in [4.69, 9.17) is 0 Å². The zero-order valence-corrected chi connectivity index (χ0v) is 10.2. The molecule has 0 saturated carbocycles. The number of rotatable bonds is 3. The van der Waals surface area contributed by atoms with E-state index in [0.29, 0.717) is 0 Å². The van der Waals surface area contributed by atoms with Crippen molar-refractivity contribution in [3.05, 3.63) is 23.8 Å². The van der Waals surface area contributed by atoms with Crippen LogP contribution in [0, 0.1) is 0 Å². The van der Waals surface area contributed by atoms with E-state index in [9.17, 15) is 23.1 Å². The second kappa shape index (κ2) is 4.95. The number of aromatic hydroxyl groups is 1. The number of Topliss-reactive ketones (excluding diaryl/α,β-unsaturated/α-hetero) is 1. The van der Waals surface area contributed by atoms with E-state index in [1.807, 2.05) is 0 Å². The van der Waals surface area contributed by atoms with Gasteiger partial charge in [-0.2, -0.15) is 0 Å². The molecule has 7 heteroatoms. The molecule has 94 valence electrons. The summed E-state index contributed by atoms with van der Waals surface area (Å²) in [6.45, 7) is 1.29. The average Bonchev–Trinajstić information content (AvgIpc) is 2.14. The fraction of sp³-hybridized carbons (Fsp3) is 0.300. The van der Waals surface area contributed by atoms with Crippen LogP contribution in [0.15, 0.2) is 18.2 Å². The lowest BCUT2D eigenvalue weighted by molar-refractivity contribution is -0.274. The highest BCUT2D eigenvalue weighted by Crippen LogP contribution is 2.35. The summed E-state index contributed by atoms with van der Waals surface area (Å²) in [7, 11) is 0. The Bertz CT molecular complexity index is 431. The molecule has 17 heavy (non-hydrogen) atoms. The van der Waals surface area contributed by atoms with Crippen LogP contribution in [-0.4, -0.2) is 17.3 Å². The van der Waals surface area contributed by atoms with E-state index < -0.39 is 22.7 Å². The molecule has 0 fully saturated rings. The van der Waals surface area contributed by atoms with Crippen LogP contribution >= 0.6 is 15.9 Å². The Hall–Kier alpha value is -1.24. The molecule has 3 nitrogen and oxygen atoms in total. The maximum atomic E-state index is 11.9. The summed E-state index contributed by atoms with van der Waals surface area (Å²) in [5.74, 6) is -1.25. The summed E-state index contributed by atoms with van der Waals surface area (Å²) in [6, 6.07) is 3.02. The van der Waals surface area contributed by atoms with Crippen LogP contribution in [0.25, 0.3) is 0 Å². The molecule has 1 aromatic rings. The van der Waals surface area contributed by atoms with Gasteiger partial charge in [0.25, 0.3) is 0 Å². The van der Waals surface area contributed by atoms with Crippen LogP contribution in [0.2, 0.25) is 0 Å². The van der Waals surface area contributed by atoms with E-state index >= 15 is 0 Å². The normalized spacial score (nSPS) is 13.2. The van der Waals surface area contributed by atoms with Crippen LogP contribution in [0.1, 0.15) is 17.3 Å². The first-order valence-corrected chi connectivity index (χ1v) is 5.35. The molecule has 1 aromatic carbocycles. The van der Waals surface area contributed by atoms with Crippen molar-refractivity contribution in [1.29, 1.82) is 0 Å². The third-order valence-corrected chi connectivity index (χ3v) is 3.00. The molecule has 1 N–H and O–H groups in total. The van der Waals surface area contributed by atoms with Gasteiger partial charge in [-0.15, -0.1) is 13.2 Å². The fourth-order valence-electron chi connectivity index (χ4n) is 1.15. The monoisotopic (exact) mass is 312 g/mol. The highest BCUT2D eigenvalue weighted by atomic mass is 79.9. The molecular weight excluding hydrogens is 305 g/mol. The van der Waals surface area contributed by atoms with Crippen LogP contribution in [-0.2, 0) is 4.79 Å². The first-order valence-electron chi connectivity index (χ1n) is 4.44. The molecule has 0 aliphatic heterocycles. The zero-order valence-electron chi connectivity index (χ0n) is 8.58. The van der Waals surface area contributed by atoms with E-state index in [-0.39, 0.29) is 11.3 Å². The topological polar surface area (TPSA) is 46.5 Å². The Morgan fingerprint density at radius 2 is 2.06 bits per heavy atom. The third-order valence-electron chi connectivity index (χ3n) is 1.87. The van der Waals surface area contributed by atoms with Crippen molar-refractivity contribution in [3.63, 3.8) is 0 Å². The molecule has 0 radical (unpaired) electrons. The predicted molar refractivity (Wildman–Crippen MR) is 57.1 cm³/mol. The highest BCUT2D eigenvalue weighted by molar-refractivity contribution is 9.09. The lowest BCUT2D eigenvalue weighted by atomic mass is 10.1. The smallest absolute Gasteiger partial charge is 0.507 e. The molecule has 0 aliphatic rings. The summed E-state index contributed by atoms with van der Waals surface area (Å²) in [6.07, 6.45) is -4.82. The Labute approximate surface area is 103 Å². The molecule has 0 bridgehead atoms. The number of ether oxygens (including phenoxy) is 1. The van der Waals surface area contributed by atoms with Gasteiger partial charge < -0.3 is 9.84 Å². The number of benzene rings is 1. The molecule has 0 heterocycles. The van der Waals surface area contributed by atoms with Gasteiger partial charge in [-0.1, -0.05) is 22.0 Å². The summed E-state index contributed by atoms with van der Waals surface area (Å²) in [5.41, 5.74) is 0.187. The Balaban J connectivity index is 2.98. The Morgan fingerprint density at radius 3 is 2.47 bits per heavy atom. The zero-order chi connectivity index (χ0) is 13.2. The second-order valence-corrected chi connectivity index (χ2v) is 4.16.